The van der Waals surface area contributed by atoms with Gasteiger partial charge in [-0.25, -0.2) is 4.79 Å². The second-order valence-electron chi connectivity index (χ2n) is 9.16. The average Bonchev–Trinajstić information content (AvgIpc) is 3.46. The first kappa shape index (κ1) is 22.1. The Morgan fingerprint density at radius 2 is 1.74 bits per heavy atom. The Morgan fingerprint density at radius 3 is 2.51 bits per heavy atom. The molecule has 178 valence electrons. The molecule has 6 heteroatoms. The van der Waals surface area contributed by atoms with Crippen LogP contribution in [0.4, 0.5) is 17.1 Å². The second-order valence-corrected chi connectivity index (χ2v) is 9.56. The summed E-state index contributed by atoms with van der Waals surface area (Å²) >= 11 is 6.73. The number of carbonyl (C=O) groups is 1. The number of nitrogens with one attached hydrogen (secondary N) is 1. The lowest BCUT2D eigenvalue weighted by molar-refractivity contribution is -0.145. The molecule has 3 aromatic rings. The van der Waals surface area contributed by atoms with Gasteiger partial charge in [0.25, 0.3) is 0 Å². The number of hydrogen-bond acceptors (Lipinski definition) is 5. The van der Waals surface area contributed by atoms with Crippen molar-refractivity contribution in [2.45, 2.75) is 38.7 Å². The quantitative estimate of drug-likeness (QED) is 0.383. The van der Waals surface area contributed by atoms with Gasteiger partial charge in [-0.15, -0.1) is 0 Å². The van der Waals surface area contributed by atoms with E-state index >= 15 is 0 Å². The summed E-state index contributed by atoms with van der Waals surface area (Å²) in [5.74, 6) is 1.10. The zero-order valence-corrected chi connectivity index (χ0v) is 20.6. The molecule has 6 rings (SSSR count). The fourth-order valence-corrected chi connectivity index (χ4v) is 5.88. The number of nitrogens with zero attached hydrogens (tertiary/aromatic N) is 1. The van der Waals surface area contributed by atoms with E-state index < -0.39 is 5.60 Å². The van der Waals surface area contributed by atoms with Crippen LogP contribution in [0.3, 0.4) is 0 Å². The monoisotopic (exact) mass is 486 g/mol. The van der Waals surface area contributed by atoms with E-state index in [0.29, 0.717) is 16.5 Å². The molecule has 0 saturated carbocycles. The van der Waals surface area contributed by atoms with Gasteiger partial charge in [0.05, 0.1) is 10.7 Å². The molecule has 2 aliphatic heterocycles. The van der Waals surface area contributed by atoms with E-state index in [1.54, 1.807) is 0 Å². The summed E-state index contributed by atoms with van der Waals surface area (Å²) in [6.45, 7) is 6.05. The standard InChI is InChI=1S/C29H27ClN2O3/c1-3-32(4-2)19-13-14-22-26(15-19)34-27-17-24(30)25(31-18-9-6-5-7-10-18)16-23(27)29(22)21-12-8-11-20(21)28(33)35-29/h5-7,9-10,13-17,31H,3-4,8,11-12H2,1-2H3. The molecule has 0 amide bonds. The Balaban J connectivity index is 1.55. The summed E-state index contributed by atoms with van der Waals surface area (Å²) in [6, 6.07) is 19.9. The number of esters is 1. The van der Waals surface area contributed by atoms with Crippen LogP contribution in [-0.4, -0.2) is 19.1 Å². The molecule has 5 nitrogen and oxygen atoms in total. The number of halogens is 1. The summed E-state index contributed by atoms with van der Waals surface area (Å²) in [5, 5.41) is 3.95. The average molecular weight is 487 g/mol. The minimum absolute atomic E-state index is 0.225. The normalized spacial score (nSPS) is 19.7. The molecule has 3 aliphatic rings. The highest BCUT2D eigenvalue weighted by Crippen LogP contribution is 2.60. The lowest BCUT2D eigenvalue weighted by Gasteiger charge is -2.39. The Bertz CT molecular complexity index is 1360. The van der Waals surface area contributed by atoms with Gasteiger partial charge in [0.15, 0.2) is 5.60 Å². The molecule has 1 aliphatic carbocycles. The van der Waals surface area contributed by atoms with Gasteiger partial charge >= 0.3 is 5.97 Å². The molecule has 1 atom stereocenters. The van der Waals surface area contributed by atoms with Crippen molar-refractivity contribution in [3.63, 3.8) is 0 Å². The smallest absolute Gasteiger partial charge is 0.335 e. The van der Waals surface area contributed by atoms with Gasteiger partial charge in [-0.3, -0.25) is 0 Å². The number of fused-ring (bicyclic) bond motifs is 5. The van der Waals surface area contributed by atoms with E-state index in [2.05, 4.69) is 42.3 Å². The lowest BCUT2D eigenvalue weighted by Crippen LogP contribution is -2.34. The Labute approximate surface area is 210 Å². The van der Waals surface area contributed by atoms with Crippen LogP contribution < -0.4 is 15.0 Å². The van der Waals surface area contributed by atoms with Gasteiger partial charge in [-0.2, -0.15) is 0 Å². The molecule has 3 aromatic carbocycles. The third kappa shape index (κ3) is 3.33. The van der Waals surface area contributed by atoms with Crippen molar-refractivity contribution in [1.82, 2.24) is 0 Å². The number of para-hydroxylation sites is 1. The maximum Gasteiger partial charge on any atom is 0.335 e. The minimum Gasteiger partial charge on any atom is -0.456 e. The maximum absolute atomic E-state index is 13.1. The zero-order valence-electron chi connectivity index (χ0n) is 19.9. The third-order valence-corrected chi connectivity index (χ3v) is 7.64. The number of anilines is 3. The molecule has 1 unspecified atom stereocenters. The number of ether oxygens (including phenoxy) is 2. The molecule has 0 saturated heterocycles. The number of carbonyl (C=O) groups excluding carboxylic acids is 1. The number of hydrogen-bond donors (Lipinski definition) is 1. The van der Waals surface area contributed by atoms with Crippen molar-refractivity contribution in [2.24, 2.45) is 0 Å². The van der Waals surface area contributed by atoms with Crippen molar-refractivity contribution >= 4 is 34.6 Å². The molecule has 0 radical (unpaired) electrons. The van der Waals surface area contributed by atoms with Crippen molar-refractivity contribution < 1.29 is 14.3 Å². The van der Waals surface area contributed by atoms with Crippen LogP contribution in [0.1, 0.15) is 44.2 Å². The summed E-state index contributed by atoms with van der Waals surface area (Å²) in [4.78, 5) is 15.4. The van der Waals surface area contributed by atoms with E-state index in [-0.39, 0.29) is 5.97 Å². The van der Waals surface area contributed by atoms with Crippen LogP contribution in [0, 0.1) is 0 Å². The van der Waals surface area contributed by atoms with E-state index in [9.17, 15) is 4.79 Å². The number of benzene rings is 3. The Hall–Kier alpha value is -3.44. The zero-order chi connectivity index (χ0) is 24.2. The highest BCUT2D eigenvalue weighted by Gasteiger charge is 2.56. The molecule has 1 spiro atoms. The van der Waals surface area contributed by atoms with Crippen LogP contribution in [0.2, 0.25) is 5.02 Å². The van der Waals surface area contributed by atoms with E-state index in [1.165, 1.54) is 0 Å². The van der Waals surface area contributed by atoms with Crippen molar-refractivity contribution in [2.75, 3.05) is 23.3 Å². The topological polar surface area (TPSA) is 50.8 Å². The van der Waals surface area contributed by atoms with Crippen LogP contribution >= 0.6 is 11.6 Å². The molecule has 2 heterocycles. The molecule has 0 aromatic heterocycles. The predicted molar refractivity (Wildman–Crippen MR) is 139 cm³/mol. The molecular weight excluding hydrogens is 460 g/mol. The van der Waals surface area contributed by atoms with Gasteiger partial charge in [0.1, 0.15) is 11.5 Å². The van der Waals surface area contributed by atoms with Crippen molar-refractivity contribution in [3.05, 3.63) is 88.0 Å². The van der Waals surface area contributed by atoms with Crippen LogP contribution in [0.5, 0.6) is 11.5 Å². The van der Waals surface area contributed by atoms with Gasteiger partial charge in [0.2, 0.25) is 0 Å². The van der Waals surface area contributed by atoms with Gasteiger partial charge in [-0.05, 0) is 69.0 Å². The first-order chi connectivity index (χ1) is 17.0. The molecule has 35 heavy (non-hydrogen) atoms. The van der Waals surface area contributed by atoms with Gasteiger partial charge < -0.3 is 19.7 Å². The van der Waals surface area contributed by atoms with Crippen molar-refractivity contribution in [3.8, 4) is 11.5 Å². The SMILES string of the molecule is CCN(CC)c1ccc2c(c1)Oc1cc(Cl)c(Nc3ccccc3)cc1C21OC(=O)C2=C1CCC2. The third-order valence-electron chi connectivity index (χ3n) is 7.33. The highest BCUT2D eigenvalue weighted by molar-refractivity contribution is 6.33. The summed E-state index contributed by atoms with van der Waals surface area (Å²) in [7, 11) is 0. The molecule has 1 N–H and O–H groups in total. The predicted octanol–water partition coefficient (Wildman–Crippen LogP) is 7.32. The summed E-state index contributed by atoms with van der Waals surface area (Å²) in [5.41, 5.74) is 5.29. The lowest BCUT2D eigenvalue weighted by atomic mass is 9.77. The molecule has 0 fully saturated rings. The van der Waals surface area contributed by atoms with Crippen LogP contribution in [0.25, 0.3) is 0 Å². The minimum atomic E-state index is -0.995. The fourth-order valence-electron chi connectivity index (χ4n) is 5.68. The summed E-state index contributed by atoms with van der Waals surface area (Å²) in [6.07, 6.45) is 2.52. The van der Waals surface area contributed by atoms with Crippen LogP contribution in [-0.2, 0) is 15.1 Å². The van der Waals surface area contributed by atoms with Gasteiger partial charge in [-0.1, -0.05) is 29.8 Å². The van der Waals surface area contributed by atoms with Crippen molar-refractivity contribution in [1.29, 1.82) is 0 Å². The van der Waals surface area contributed by atoms with Crippen LogP contribution in [0.15, 0.2) is 71.8 Å². The molecule has 0 bridgehead atoms. The number of rotatable bonds is 5. The van der Waals surface area contributed by atoms with E-state index in [1.807, 2.05) is 42.5 Å². The Kier molecular flexibility index (Phi) is 5.26. The summed E-state index contributed by atoms with van der Waals surface area (Å²) < 4.78 is 12.8. The first-order valence-electron chi connectivity index (χ1n) is 12.2. The highest BCUT2D eigenvalue weighted by atomic mass is 35.5. The first-order valence-corrected chi connectivity index (χ1v) is 12.6. The fraction of sp³-hybridized carbons (Fsp3) is 0.276. The van der Waals surface area contributed by atoms with E-state index in [0.717, 1.165) is 71.7 Å². The molecular formula is C29H27ClN2O3. The van der Waals surface area contributed by atoms with E-state index in [4.69, 9.17) is 21.1 Å². The maximum atomic E-state index is 13.1. The second kappa shape index (κ2) is 8.35. The largest absolute Gasteiger partial charge is 0.456 e. The van der Waals surface area contributed by atoms with Gasteiger partial charge in [0, 0.05) is 53.3 Å². The Morgan fingerprint density at radius 1 is 0.971 bits per heavy atom.